The third-order valence-electron chi connectivity index (χ3n) is 6.72. The summed E-state index contributed by atoms with van der Waals surface area (Å²) in [5.41, 5.74) is 7.12. The molecule has 1 aromatic carbocycles. The Labute approximate surface area is 225 Å². The van der Waals surface area contributed by atoms with Crippen LogP contribution in [0.15, 0.2) is 35.4 Å². The first-order valence-corrected chi connectivity index (χ1v) is 13.0. The standard InChI is InChI=1S/C19H22FN3O4.C8H10N2S/c1-10-8-22(6-5-21-10)16-14(20)7-12-15(18(16)27-2)23(11-3-4-11)9-13(17(12)24)19(25)26;1-2-7-5-6(8(9)11)3-4-10-7/h7,9-11,21H,3-6,8H2,1-2H3,(H,25,26);3-5H,2H2,1H3,(H2,9,11). The summed E-state index contributed by atoms with van der Waals surface area (Å²) in [6, 6.07) is 5.19. The third-order valence-corrected chi connectivity index (χ3v) is 6.96. The van der Waals surface area contributed by atoms with E-state index in [1.807, 2.05) is 30.9 Å². The Bertz CT molecular complexity index is 1440. The maximum absolute atomic E-state index is 15.1. The van der Waals surface area contributed by atoms with E-state index in [-0.39, 0.29) is 23.0 Å². The number of aromatic nitrogens is 2. The van der Waals surface area contributed by atoms with Crippen molar-refractivity contribution in [1.82, 2.24) is 14.9 Å². The number of thiocarbonyl (C=S) groups is 1. The Morgan fingerprint density at radius 2 is 2.11 bits per heavy atom. The average Bonchev–Trinajstić information content (AvgIpc) is 3.74. The number of pyridine rings is 2. The Morgan fingerprint density at radius 1 is 1.37 bits per heavy atom. The lowest BCUT2D eigenvalue weighted by Gasteiger charge is -2.35. The number of ether oxygens (including phenoxy) is 1. The third kappa shape index (κ3) is 5.63. The number of hydrogen-bond acceptors (Lipinski definition) is 7. The number of carbonyl (C=O) groups is 1. The van der Waals surface area contributed by atoms with Gasteiger partial charge in [-0.25, -0.2) is 9.18 Å². The molecule has 0 amide bonds. The molecule has 1 atom stereocenters. The van der Waals surface area contributed by atoms with E-state index >= 15 is 4.39 Å². The van der Waals surface area contributed by atoms with E-state index in [1.54, 1.807) is 10.8 Å². The van der Waals surface area contributed by atoms with Crippen molar-refractivity contribution in [3.8, 4) is 5.75 Å². The van der Waals surface area contributed by atoms with Crippen LogP contribution in [0.2, 0.25) is 0 Å². The number of anilines is 1. The predicted octanol–water partition coefficient (Wildman–Crippen LogP) is 3.26. The highest BCUT2D eigenvalue weighted by Crippen LogP contribution is 2.43. The zero-order valence-corrected chi connectivity index (χ0v) is 22.5. The van der Waals surface area contributed by atoms with Gasteiger partial charge in [-0.15, -0.1) is 0 Å². The Balaban J connectivity index is 0.000000257. The van der Waals surface area contributed by atoms with Crippen LogP contribution in [0.25, 0.3) is 10.9 Å². The number of nitrogens with one attached hydrogen (secondary N) is 1. The molecule has 0 bridgehead atoms. The minimum atomic E-state index is -1.31. The second-order valence-electron chi connectivity index (χ2n) is 9.51. The number of halogens is 1. The molecule has 1 unspecified atom stereocenters. The van der Waals surface area contributed by atoms with Crippen LogP contribution in [0.4, 0.5) is 10.1 Å². The quantitative estimate of drug-likeness (QED) is 0.404. The topological polar surface area (TPSA) is 123 Å². The smallest absolute Gasteiger partial charge is 0.341 e. The monoisotopic (exact) mass is 541 g/mol. The number of carboxylic acid groups (broad SMARTS) is 1. The van der Waals surface area contributed by atoms with Gasteiger partial charge in [0.1, 0.15) is 16.2 Å². The van der Waals surface area contributed by atoms with Gasteiger partial charge in [-0.05, 0) is 44.4 Å². The zero-order chi connectivity index (χ0) is 27.6. The minimum absolute atomic E-state index is 0.0445. The normalized spacial score (nSPS) is 17.1. The molecule has 3 aromatic rings. The van der Waals surface area contributed by atoms with Crippen molar-refractivity contribution >= 4 is 39.8 Å². The maximum Gasteiger partial charge on any atom is 0.341 e. The molecule has 9 nitrogen and oxygen atoms in total. The van der Waals surface area contributed by atoms with Crippen molar-refractivity contribution in [3.05, 3.63) is 63.5 Å². The highest BCUT2D eigenvalue weighted by molar-refractivity contribution is 7.80. The summed E-state index contributed by atoms with van der Waals surface area (Å²) in [7, 11) is 1.45. The number of benzene rings is 1. The number of nitrogens with zero attached hydrogens (tertiary/aromatic N) is 3. The van der Waals surface area contributed by atoms with Crippen LogP contribution in [0.1, 0.15) is 54.3 Å². The van der Waals surface area contributed by atoms with E-state index in [4.69, 9.17) is 22.7 Å². The molecule has 2 aromatic heterocycles. The molecule has 11 heteroatoms. The van der Waals surface area contributed by atoms with Crippen LogP contribution in [0.3, 0.4) is 0 Å². The van der Waals surface area contributed by atoms with Gasteiger partial charge in [0.25, 0.3) is 0 Å². The molecule has 1 aliphatic carbocycles. The van der Waals surface area contributed by atoms with Gasteiger partial charge in [-0.2, -0.15) is 0 Å². The van der Waals surface area contributed by atoms with Crippen molar-refractivity contribution in [3.63, 3.8) is 0 Å². The van der Waals surface area contributed by atoms with Crippen molar-refractivity contribution in [2.75, 3.05) is 31.6 Å². The fourth-order valence-electron chi connectivity index (χ4n) is 4.68. The number of carboxylic acids is 1. The molecule has 1 saturated heterocycles. The number of fused-ring (bicyclic) bond motifs is 1. The Morgan fingerprint density at radius 3 is 2.68 bits per heavy atom. The highest BCUT2D eigenvalue weighted by Gasteiger charge is 2.32. The molecule has 0 radical (unpaired) electrons. The lowest BCUT2D eigenvalue weighted by atomic mass is 10.1. The summed E-state index contributed by atoms with van der Waals surface area (Å²) in [4.78, 5) is 30.7. The minimum Gasteiger partial charge on any atom is -0.492 e. The summed E-state index contributed by atoms with van der Waals surface area (Å²) in [6.07, 6.45) is 5.79. The Hall–Kier alpha value is -3.57. The summed E-state index contributed by atoms with van der Waals surface area (Å²) < 4.78 is 22.5. The van der Waals surface area contributed by atoms with E-state index in [9.17, 15) is 14.7 Å². The summed E-state index contributed by atoms with van der Waals surface area (Å²) in [6.45, 7) is 6.02. The highest BCUT2D eigenvalue weighted by atomic mass is 32.1. The van der Waals surface area contributed by atoms with Gasteiger partial charge in [-0.3, -0.25) is 9.78 Å². The number of nitrogens with two attached hydrogens (primary N) is 1. The van der Waals surface area contributed by atoms with Crippen LogP contribution in [0.5, 0.6) is 5.75 Å². The fourth-order valence-corrected chi connectivity index (χ4v) is 4.81. The first-order chi connectivity index (χ1) is 18.2. The molecule has 1 saturated carbocycles. The van der Waals surface area contributed by atoms with Gasteiger partial charge in [0.05, 0.1) is 18.0 Å². The zero-order valence-electron chi connectivity index (χ0n) is 21.7. The molecule has 202 valence electrons. The largest absolute Gasteiger partial charge is 0.492 e. The fraction of sp³-hybridized carbons (Fsp3) is 0.407. The number of rotatable bonds is 6. The summed E-state index contributed by atoms with van der Waals surface area (Å²) in [5, 5.41) is 12.7. The van der Waals surface area contributed by atoms with Crippen molar-refractivity contribution in [2.24, 2.45) is 5.73 Å². The molecule has 4 N–H and O–H groups in total. The maximum atomic E-state index is 15.1. The molecule has 1 aliphatic heterocycles. The summed E-state index contributed by atoms with van der Waals surface area (Å²) in [5.74, 6) is -1.59. The second kappa shape index (κ2) is 11.4. The number of aryl methyl sites for hydroxylation is 1. The molecule has 38 heavy (non-hydrogen) atoms. The van der Waals surface area contributed by atoms with E-state index in [1.165, 1.54) is 13.3 Å². The molecule has 0 spiro atoms. The predicted molar refractivity (Wildman–Crippen MR) is 149 cm³/mol. The molecular weight excluding hydrogens is 509 g/mol. The van der Waals surface area contributed by atoms with E-state index < -0.39 is 17.2 Å². The first kappa shape index (κ1) is 27.5. The lowest BCUT2D eigenvalue weighted by Crippen LogP contribution is -2.49. The van der Waals surface area contributed by atoms with Crippen molar-refractivity contribution in [2.45, 2.75) is 45.2 Å². The van der Waals surface area contributed by atoms with E-state index in [0.717, 1.165) is 43.1 Å². The lowest BCUT2D eigenvalue weighted by molar-refractivity contribution is 0.0694. The molecular formula is C27H32FN5O4S. The molecule has 2 aliphatic rings. The Kier molecular flexibility index (Phi) is 8.27. The molecule has 3 heterocycles. The van der Waals surface area contributed by atoms with Gasteiger partial charge < -0.3 is 30.4 Å². The van der Waals surface area contributed by atoms with Crippen LogP contribution in [0, 0.1) is 5.82 Å². The second-order valence-corrected chi connectivity index (χ2v) is 9.95. The number of methoxy groups -OCH3 is 1. The summed E-state index contributed by atoms with van der Waals surface area (Å²) >= 11 is 4.82. The van der Waals surface area contributed by atoms with Gasteiger partial charge >= 0.3 is 5.97 Å². The van der Waals surface area contributed by atoms with Crippen LogP contribution in [-0.4, -0.2) is 58.4 Å². The van der Waals surface area contributed by atoms with Gasteiger partial charge in [0.2, 0.25) is 5.43 Å². The molecule has 2 fully saturated rings. The van der Waals surface area contributed by atoms with Gasteiger partial charge in [0.15, 0.2) is 11.6 Å². The SMILES string of the molecule is CCc1cc(C(N)=S)ccn1.COc1c(N2CCNC(C)C2)c(F)cc2c(=O)c(C(=O)O)cn(C3CC3)c12. The van der Waals surface area contributed by atoms with Crippen LogP contribution in [-0.2, 0) is 6.42 Å². The van der Waals surface area contributed by atoms with Crippen molar-refractivity contribution in [1.29, 1.82) is 0 Å². The van der Waals surface area contributed by atoms with Gasteiger partial charge in [0, 0.05) is 55.4 Å². The molecule has 5 rings (SSSR count). The van der Waals surface area contributed by atoms with E-state index in [0.29, 0.717) is 35.0 Å². The number of piperazine rings is 1. The van der Waals surface area contributed by atoms with Crippen LogP contribution >= 0.6 is 12.2 Å². The van der Waals surface area contributed by atoms with E-state index in [2.05, 4.69) is 10.3 Å². The number of hydrogen-bond donors (Lipinski definition) is 3. The number of aromatic carboxylic acids is 1. The average molecular weight is 542 g/mol. The van der Waals surface area contributed by atoms with Gasteiger partial charge in [-0.1, -0.05) is 19.1 Å². The van der Waals surface area contributed by atoms with Crippen LogP contribution < -0.4 is 26.1 Å². The first-order valence-electron chi connectivity index (χ1n) is 12.6. The van der Waals surface area contributed by atoms with Crippen molar-refractivity contribution < 1.29 is 19.0 Å².